The summed E-state index contributed by atoms with van der Waals surface area (Å²) in [5.74, 6) is -0.818. The molecule has 0 aromatic heterocycles. The molecule has 0 spiro atoms. The van der Waals surface area contributed by atoms with Crippen LogP contribution in [0.2, 0.25) is 0 Å². The van der Waals surface area contributed by atoms with E-state index in [1.807, 2.05) is 0 Å². The number of hydrogen-bond acceptors (Lipinski definition) is 3. The fourth-order valence-electron chi connectivity index (χ4n) is 2.01. The van der Waals surface area contributed by atoms with E-state index in [-0.39, 0.29) is 6.10 Å². The number of nitrogens with zero attached hydrogens (tertiary/aromatic N) is 1. The highest BCUT2D eigenvalue weighted by atomic mass is 16.5. The molecule has 0 amide bonds. The quantitative estimate of drug-likeness (QED) is 0.724. The lowest BCUT2D eigenvalue weighted by atomic mass is 10.2. The van der Waals surface area contributed by atoms with Crippen molar-refractivity contribution in [3.63, 3.8) is 0 Å². The normalized spacial score (nSPS) is 32.4. The second-order valence-corrected chi connectivity index (χ2v) is 4.33. The van der Waals surface area contributed by atoms with Gasteiger partial charge in [0.25, 0.3) is 0 Å². The molecule has 1 aliphatic carbocycles. The lowest BCUT2D eigenvalue weighted by Gasteiger charge is -2.20. The summed E-state index contributed by atoms with van der Waals surface area (Å²) in [6.45, 7) is 0.883. The van der Waals surface area contributed by atoms with E-state index >= 15 is 0 Å². The molecule has 4 heteroatoms. The number of likely N-dealkylation sites (N-methyl/N-ethyl adjacent to an activating group) is 1. The second kappa shape index (κ2) is 3.87. The molecule has 2 fully saturated rings. The zero-order valence-corrected chi connectivity index (χ0v) is 8.48. The smallest absolute Gasteiger partial charge is 0.332 e. The average molecular weight is 199 g/mol. The van der Waals surface area contributed by atoms with E-state index in [1.54, 1.807) is 0 Å². The Bertz CT molecular complexity index is 227. The van der Waals surface area contributed by atoms with Gasteiger partial charge in [-0.05, 0) is 32.7 Å². The Balaban J connectivity index is 1.74. The van der Waals surface area contributed by atoms with Crippen LogP contribution in [0.3, 0.4) is 0 Å². The summed E-state index contributed by atoms with van der Waals surface area (Å²) in [4.78, 5) is 12.9. The molecule has 1 saturated heterocycles. The van der Waals surface area contributed by atoms with E-state index in [0.29, 0.717) is 6.42 Å². The van der Waals surface area contributed by atoms with Crippen LogP contribution in [0.4, 0.5) is 0 Å². The Morgan fingerprint density at radius 1 is 1.43 bits per heavy atom. The molecule has 0 radical (unpaired) electrons. The first-order chi connectivity index (χ1) is 6.66. The number of carboxylic acid groups (broad SMARTS) is 1. The third-order valence-electron chi connectivity index (χ3n) is 3.04. The fourth-order valence-corrected chi connectivity index (χ4v) is 2.01. The summed E-state index contributed by atoms with van der Waals surface area (Å²) in [6, 6.07) is 0.725. The Hall–Kier alpha value is -0.610. The Morgan fingerprint density at radius 2 is 2.14 bits per heavy atom. The lowest BCUT2D eigenvalue weighted by molar-refractivity contribution is -0.149. The molecule has 14 heavy (non-hydrogen) atoms. The van der Waals surface area contributed by atoms with Crippen molar-refractivity contribution in [2.24, 2.45) is 0 Å². The van der Waals surface area contributed by atoms with Gasteiger partial charge in [-0.15, -0.1) is 0 Å². The molecule has 2 aliphatic rings. The summed E-state index contributed by atoms with van der Waals surface area (Å²) in [7, 11) is 2.09. The molecule has 2 atom stereocenters. The highest BCUT2D eigenvalue weighted by molar-refractivity contribution is 5.72. The maximum atomic E-state index is 10.6. The number of rotatable bonds is 4. The first kappa shape index (κ1) is 9.93. The van der Waals surface area contributed by atoms with E-state index in [0.717, 1.165) is 19.0 Å². The van der Waals surface area contributed by atoms with Gasteiger partial charge >= 0.3 is 5.97 Å². The first-order valence-electron chi connectivity index (χ1n) is 5.25. The van der Waals surface area contributed by atoms with Crippen molar-refractivity contribution >= 4 is 5.97 Å². The van der Waals surface area contributed by atoms with Gasteiger partial charge in [0.2, 0.25) is 0 Å². The van der Waals surface area contributed by atoms with Crippen LogP contribution in [0.5, 0.6) is 0 Å². The van der Waals surface area contributed by atoms with Crippen LogP contribution in [-0.2, 0) is 9.53 Å². The molecule has 0 aromatic rings. The van der Waals surface area contributed by atoms with Gasteiger partial charge < -0.3 is 14.7 Å². The van der Waals surface area contributed by atoms with Crippen molar-refractivity contribution in [1.29, 1.82) is 0 Å². The van der Waals surface area contributed by atoms with Crippen LogP contribution in [0.25, 0.3) is 0 Å². The standard InChI is InChI=1S/C10H17NO3/c1-11(7-2-3-7)6-8-4-5-9(14-8)10(12)13/h7-9H,2-6H2,1H3,(H,12,13). The largest absolute Gasteiger partial charge is 0.479 e. The van der Waals surface area contributed by atoms with Gasteiger partial charge in [0.1, 0.15) is 0 Å². The van der Waals surface area contributed by atoms with Crippen LogP contribution in [0, 0.1) is 0 Å². The van der Waals surface area contributed by atoms with E-state index in [4.69, 9.17) is 9.84 Å². The minimum atomic E-state index is -0.818. The van der Waals surface area contributed by atoms with Gasteiger partial charge in [0, 0.05) is 12.6 Å². The van der Waals surface area contributed by atoms with Crippen molar-refractivity contribution in [3.8, 4) is 0 Å². The van der Waals surface area contributed by atoms with Crippen molar-refractivity contribution in [2.45, 2.75) is 43.9 Å². The molecule has 0 aromatic carbocycles. The Kier molecular flexibility index (Phi) is 2.74. The summed E-state index contributed by atoms with van der Waals surface area (Å²) in [5, 5.41) is 8.75. The monoisotopic (exact) mass is 199 g/mol. The van der Waals surface area contributed by atoms with E-state index in [1.165, 1.54) is 12.8 Å². The molecule has 2 rings (SSSR count). The summed E-state index contributed by atoms with van der Waals surface area (Å²) in [5.41, 5.74) is 0. The number of hydrogen-bond donors (Lipinski definition) is 1. The topological polar surface area (TPSA) is 49.8 Å². The van der Waals surface area contributed by atoms with Crippen LogP contribution in [-0.4, -0.2) is 47.8 Å². The maximum Gasteiger partial charge on any atom is 0.332 e. The van der Waals surface area contributed by atoms with Gasteiger partial charge in [0.05, 0.1) is 6.10 Å². The van der Waals surface area contributed by atoms with Gasteiger partial charge in [-0.1, -0.05) is 0 Å². The molecule has 2 unspecified atom stereocenters. The molecule has 1 aliphatic heterocycles. The molecule has 1 N–H and O–H groups in total. The molecule has 1 saturated carbocycles. The van der Waals surface area contributed by atoms with Crippen LogP contribution < -0.4 is 0 Å². The predicted octanol–water partition coefficient (Wildman–Crippen LogP) is 0.713. The zero-order chi connectivity index (χ0) is 10.1. The minimum absolute atomic E-state index is 0.127. The Morgan fingerprint density at radius 3 is 2.64 bits per heavy atom. The summed E-state index contributed by atoms with van der Waals surface area (Å²) >= 11 is 0. The van der Waals surface area contributed by atoms with Gasteiger partial charge in [-0.2, -0.15) is 0 Å². The Labute approximate surface area is 83.8 Å². The average Bonchev–Trinajstić information content (AvgIpc) is 2.87. The third-order valence-corrected chi connectivity index (χ3v) is 3.04. The molecule has 80 valence electrons. The van der Waals surface area contributed by atoms with Crippen molar-refractivity contribution in [3.05, 3.63) is 0 Å². The highest BCUT2D eigenvalue weighted by Gasteiger charge is 2.34. The fraction of sp³-hybridized carbons (Fsp3) is 0.900. The summed E-state index contributed by atoms with van der Waals surface area (Å²) in [6.07, 6.45) is 3.68. The third kappa shape index (κ3) is 2.25. The SMILES string of the molecule is CN(CC1CCC(C(=O)O)O1)C1CC1. The van der Waals surface area contributed by atoms with Crippen LogP contribution in [0.15, 0.2) is 0 Å². The van der Waals surface area contributed by atoms with Gasteiger partial charge in [-0.25, -0.2) is 4.79 Å². The van der Waals surface area contributed by atoms with Gasteiger partial charge in [0.15, 0.2) is 6.10 Å². The zero-order valence-electron chi connectivity index (χ0n) is 8.48. The molecule has 0 bridgehead atoms. The lowest BCUT2D eigenvalue weighted by Crippen LogP contribution is -2.32. The predicted molar refractivity (Wildman–Crippen MR) is 51.2 cm³/mol. The van der Waals surface area contributed by atoms with Crippen molar-refractivity contribution in [2.75, 3.05) is 13.6 Å². The van der Waals surface area contributed by atoms with Gasteiger partial charge in [-0.3, -0.25) is 0 Å². The van der Waals surface area contributed by atoms with E-state index in [2.05, 4.69) is 11.9 Å². The molecule has 4 nitrogen and oxygen atoms in total. The number of carbonyl (C=O) groups is 1. The second-order valence-electron chi connectivity index (χ2n) is 4.33. The van der Waals surface area contributed by atoms with Crippen molar-refractivity contribution in [1.82, 2.24) is 4.90 Å². The number of carboxylic acids is 1. The first-order valence-corrected chi connectivity index (χ1v) is 5.25. The molecular weight excluding hydrogens is 182 g/mol. The van der Waals surface area contributed by atoms with Crippen molar-refractivity contribution < 1.29 is 14.6 Å². The van der Waals surface area contributed by atoms with E-state index in [9.17, 15) is 4.79 Å². The van der Waals surface area contributed by atoms with E-state index < -0.39 is 12.1 Å². The maximum absolute atomic E-state index is 10.6. The minimum Gasteiger partial charge on any atom is -0.479 e. The number of ether oxygens (including phenoxy) is 1. The summed E-state index contributed by atoms with van der Waals surface area (Å²) < 4.78 is 5.43. The molecular formula is C10H17NO3. The number of aliphatic carboxylic acids is 1. The van der Waals surface area contributed by atoms with Crippen LogP contribution >= 0.6 is 0 Å². The molecule has 1 heterocycles. The van der Waals surface area contributed by atoms with Crippen LogP contribution in [0.1, 0.15) is 25.7 Å². The highest BCUT2D eigenvalue weighted by Crippen LogP contribution is 2.28.